The lowest BCUT2D eigenvalue weighted by Gasteiger charge is -2.35. The van der Waals surface area contributed by atoms with Gasteiger partial charge in [-0.15, -0.1) is 0 Å². The summed E-state index contributed by atoms with van der Waals surface area (Å²) < 4.78 is 52.1. The molecule has 0 saturated carbocycles. The molecule has 128 valence electrons. The molecule has 1 aliphatic rings. The van der Waals surface area contributed by atoms with E-state index in [1.54, 1.807) is 11.9 Å². The number of nitrogens with zero attached hydrogens (tertiary/aromatic N) is 2. The highest BCUT2D eigenvalue weighted by atomic mass is 19.4. The van der Waals surface area contributed by atoms with Gasteiger partial charge >= 0.3 is 12.3 Å². The standard InChI is InChI=1S/C15H18F4N2O2/c1-20(12-4-6-21(7-5-12)14(22)23)9-10-2-3-11(16)8-13(10)15(17,18)19/h2-3,8,12H,4-7,9H2,1H3,(H,22,23). The van der Waals surface area contributed by atoms with Crippen LogP contribution < -0.4 is 0 Å². The van der Waals surface area contributed by atoms with Crippen molar-refractivity contribution in [1.29, 1.82) is 0 Å². The third-order valence-corrected chi connectivity index (χ3v) is 4.16. The van der Waals surface area contributed by atoms with Crippen molar-refractivity contribution in [3.05, 3.63) is 35.1 Å². The minimum Gasteiger partial charge on any atom is -0.465 e. The van der Waals surface area contributed by atoms with Gasteiger partial charge in [0.05, 0.1) is 5.56 Å². The number of rotatable bonds is 3. The number of hydrogen-bond acceptors (Lipinski definition) is 2. The van der Waals surface area contributed by atoms with Crippen LogP contribution >= 0.6 is 0 Å². The second-order valence-corrected chi connectivity index (χ2v) is 5.72. The maximum absolute atomic E-state index is 13.1. The highest BCUT2D eigenvalue weighted by Gasteiger charge is 2.34. The Hall–Kier alpha value is -1.83. The summed E-state index contributed by atoms with van der Waals surface area (Å²) >= 11 is 0. The van der Waals surface area contributed by atoms with E-state index in [1.807, 2.05) is 0 Å². The summed E-state index contributed by atoms with van der Waals surface area (Å²) in [5.74, 6) is -0.918. The molecule has 1 amide bonds. The Morgan fingerprint density at radius 3 is 2.48 bits per heavy atom. The van der Waals surface area contributed by atoms with Gasteiger partial charge in [-0.2, -0.15) is 13.2 Å². The van der Waals surface area contributed by atoms with Gasteiger partial charge in [0.1, 0.15) is 5.82 Å². The zero-order valence-corrected chi connectivity index (χ0v) is 12.6. The molecule has 0 aromatic heterocycles. The lowest BCUT2D eigenvalue weighted by molar-refractivity contribution is -0.138. The number of amides is 1. The molecule has 1 heterocycles. The average molecular weight is 334 g/mol. The number of piperidine rings is 1. The van der Waals surface area contributed by atoms with Crippen molar-refractivity contribution < 1.29 is 27.5 Å². The van der Waals surface area contributed by atoms with Crippen molar-refractivity contribution in [1.82, 2.24) is 9.80 Å². The third-order valence-electron chi connectivity index (χ3n) is 4.16. The Morgan fingerprint density at radius 2 is 1.96 bits per heavy atom. The number of halogens is 4. The van der Waals surface area contributed by atoms with Crippen molar-refractivity contribution in [2.45, 2.75) is 31.6 Å². The van der Waals surface area contributed by atoms with E-state index >= 15 is 0 Å². The fourth-order valence-electron chi connectivity index (χ4n) is 2.85. The van der Waals surface area contributed by atoms with E-state index in [9.17, 15) is 22.4 Å². The van der Waals surface area contributed by atoms with Crippen LogP contribution in [0.15, 0.2) is 18.2 Å². The summed E-state index contributed by atoms with van der Waals surface area (Å²) in [4.78, 5) is 13.9. The Morgan fingerprint density at radius 1 is 1.35 bits per heavy atom. The first-order valence-electron chi connectivity index (χ1n) is 7.22. The molecule has 4 nitrogen and oxygen atoms in total. The predicted octanol–water partition coefficient (Wildman–Crippen LogP) is 3.42. The second-order valence-electron chi connectivity index (χ2n) is 5.72. The minimum absolute atomic E-state index is 0.00302. The van der Waals surface area contributed by atoms with Crippen molar-refractivity contribution >= 4 is 6.09 Å². The maximum Gasteiger partial charge on any atom is 0.416 e. The van der Waals surface area contributed by atoms with Gasteiger partial charge in [0.2, 0.25) is 0 Å². The van der Waals surface area contributed by atoms with E-state index < -0.39 is 23.7 Å². The first-order valence-corrected chi connectivity index (χ1v) is 7.22. The maximum atomic E-state index is 13.1. The van der Waals surface area contributed by atoms with E-state index in [-0.39, 0.29) is 18.2 Å². The molecular formula is C15H18F4N2O2. The molecule has 23 heavy (non-hydrogen) atoms. The molecule has 2 rings (SSSR count). The first-order chi connectivity index (χ1) is 10.7. The van der Waals surface area contributed by atoms with Crippen molar-refractivity contribution in [3.8, 4) is 0 Å². The topological polar surface area (TPSA) is 43.8 Å². The Bertz CT molecular complexity index is 569. The smallest absolute Gasteiger partial charge is 0.416 e. The lowest BCUT2D eigenvalue weighted by Crippen LogP contribution is -2.45. The van der Waals surface area contributed by atoms with E-state index in [0.717, 1.165) is 12.1 Å². The van der Waals surface area contributed by atoms with Gasteiger partial charge in [-0.05, 0) is 37.6 Å². The molecule has 1 N–H and O–H groups in total. The zero-order chi connectivity index (χ0) is 17.2. The molecule has 1 aliphatic heterocycles. The fourth-order valence-corrected chi connectivity index (χ4v) is 2.85. The summed E-state index contributed by atoms with van der Waals surface area (Å²) in [6, 6.07) is 2.68. The van der Waals surface area contributed by atoms with Gasteiger partial charge < -0.3 is 10.0 Å². The van der Waals surface area contributed by atoms with Crippen LogP contribution in [0.1, 0.15) is 24.0 Å². The number of carboxylic acid groups (broad SMARTS) is 1. The van der Waals surface area contributed by atoms with E-state index in [1.165, 1.54) is 4.90 Å². The number of hydrogen-bond donors (Lipinski definition) is 1. The van der Waals surface area contributed by atoms with Crippen LogP contribution in [0, 0.1) is 5.82 Å². The van der Waals surface area contributed by atoms with Crippen LogP contribution in [0.2, 0.25) is 0 Å². The van der Waals surface area contributed by atoms with Crippen LogP contribution in [0.25, 0.3) is 0 Å². The Balaban J connectivity index is 2.06. The van der Waals surface area contributed by atoms with Crippen molar-refractivity contribution in [2.75, 3.05) is 20.1 Å². The van der Waals surface area contributed by atoms with Crippen LogP contribution in [-0.4, -0.2) is 47.2 Å². The first kappa shape index (κ1) is 17.5. The highest BCUT2D eigenvalue weighted by Crippen LogP contribution is 2.33. The predicted molar refractivity (Wildman–Crippen MR) is 75.5 cm³/mol. The molecule has 1 fully saturated rings. The van der Waals surface area contributed by atoms with Crippen molar-refractivity contribution in [2.24, 2.45) is 0 Å². The SMILES string of the molecule is CN(Cc1ccc(F)cc1C(F)(F)F)C1CCN(C(=O)O)CC1. The molecule has 1 saturated heterocycles. The summed E-state index contributed by atoms with van der Waals surface area (Å²) in [7, 11) is 1.70. The Labute approximate surface area is 131 Å². The van der Waals surface area contributed by atoms with Crippen LogP contribution in [-0.2, 0) is 12.7 Å². The van der Waals surface area contributed by atoms with Gasteiger partial charge in [0, 0.05) is 25.7 Å². The molecule has 0 unspecified atom stereocenters. The van der Waals surface area contributed by atoms with Gasteiger partial charge in [-0.1, -0.05) is 6.07 Å². The summed E-state index contributed by atoms with van der Waals surface area (Å²) in [5, 5.41) is 8.90. The number of carbonyl (C=O) groups is 1. The molecule has 0 bridgehead atoms. The van der Waals surface area contributed by atoms with E-state index in [4.69, 9.17) is 5.11 Å². The van der Waals surface area contributed by atoms with Gasteiger partial charge in [-0.25, -0.2) is 9.18 Å². The van der Waals surface area contributed by atoms with Crippen molar-refractivity contribution in [3.63, 3.8) is 0 Å². The lowest BCUT2D eigenvalue weighted by atomic mass is 10.0. The van der Waals surface area contributed by atoms with Gasteiger partial charge in [-0.3, -0.25) is 4.90 Å². The van der Waals surface area contributed by atoms with Crippen LogP contribution in [0.4, 0.5) is 22.4 Å². The largest absolute Gasteiger partial charge is 0.465 e. The third kappa shape index (κ3) is 4.34. The second kappa shape index (κ2) is 6.74. The summed E-state index contributed by atoms with van der Waals surface area (Å²) in [6.07, 6.45) is -4.47. The molecule has 0 atom stereocenters. The van der Waals surface area contributed by atoms with E-state index in [0.29, 0.717) is 32.0 Å². The van der Waals surface area contributed by atoms with E-state index in [2.05, 4.69) is 0 Å². The quantitative estimate of drug-likeness (QED) is 0.862. The normalized spacial score (nSPS) is 16.9. The van der Waals surface area contributed by atoms with Gasteiger partial charge in [0.15, 0.2) is 0 Å². The minimum atomic E-state index is -4.61. The molecular weight excluding hydrogens is 316 g/mol. The average Bonchev–Trinajstić information content (AvgIpc) is 2.48. The molecule has 0 aliphatic carbocycles. The monoisotopic (exact) mass is 334 g/mol. The number of alkyl halides is 3. The Kier molecular flexibility index (Phi) is 5.13. The highest BCUT2D eigenvalue weighted by molar-refractivity contribution is 5.65. The number of likely N-dealkylation sites (tertiary alicyclic amines) is 1. The molecule has 0 spiro atoms. The van der Waals surface area contributed by atoms with Crippen LogP contribution in [0.5, 0.6) is 0 Å². The summed E-state index contributed by atoms with van der Waals surface area (Å²) in [6.45, 7) is 0.757. The molecule has 8 heteroatoms. The van der Waals surface area contributed by atoms with Crippen LogP contribution in [0.3, 0.4) is 0 Å². The molecule has 1 aromatic rings. The van der Waals surface area contributed by atoms with Gasteiger partial charge in [0.25, 0.3) is 0 Å². The molecule has 0 radical (unpaired) electrons. The number of benzene rings is 1. The zero-order valence-electron chi connectivity index (χ0n) is 12.6. The molecule has 1 aromatic carbocycles. The fraction of sp³-hybridized carbons (Fsp3) is 0.533. The summed E-state index contributed by atoms with van der Waals surface area (Å²) in [5.41, 5.74) is -0.950.